The van der Waals surface area contributed by atoms with E-state index < -0.39 is 0 Å². The Hall–Kier alpha value is -2.70. The molecule has 1 unspecified atom stereocenters. The van der Waals surface area contributed by atoms with Crippen LogP contribution >= 0.6 is 0 Å². The zero-order valence-corrected chi connectivity index (χ0v) is 17.0. The van der Waals surface area contributed by atoms with Crippen LogP contribution in [-0.4, -0.2) is 44.6 Å². The first-order valence-electron chi connectivity index (χ1n) is 10.6. The van der Waals surface area contributed by atoms with Gasteiger partial charge in [-0.3, -0.25) is 9.59 Å². The molecule has 1 aliphatic heterocycles. The molecule has 29 heavy (non-hydrogen) atoms. The van der Waals surface area contributed by atoms with Crippen molar-refractivity contribution in [2.45, 2.75) is 51.0 Å². The lowest BCUT2D eigenvalue weighted by Crippen LogP contribution is -2.45. The summed E-state index contributed by atoms with van der Waals surface area (Å²) in [5, 5.41) is 11.6. The molecule has 1 N–H and O–H groups in total. The molecule has 1 saturated carbocycles. The van der Waals surface area contributed by atoms with Crippen LogP contribution in [0.15, 0.2) is 30.3 Å². The van der Waals surface area contributed by atoms with E-state index in [4.69, 9.17) is 0 Å². The maximum absolute atomic E-state index is 12.7. The Morgan fingerprint density at radius 2 is 1.90 bits per heavy atom. The molecule has 2 amide bonds. The molecule has 2 heterocycles. The number of hydrogen-bond acceptors (Lipinski definition) is 4. The number of hydrogen-bond donors (Lipinski definition) is 1. The lowest BCUT2D eigenvalue weighted by Gasteiger charge is -2.32. The van der Waals surface area contributed by atoms with Gasteiger partial charge in [0.25, 0.3) is 0 Å². The first kappa shape index (κ1) is 19.6. The molecule has 4 rings (SSSR count). The maximum atomic E-state index is 12.7. The summed E-state index contributed by atoms with van der Waals surface area (Å²) in [5.74, 6) is 2.24. The highest BCUT2D eigenvalue weighted by Gasteiger charge is 2.29. The number of likely N-dealkylation sites (tertiary alicyclic amines) is 1. The number of amides is 2. The normalized spacial score (nSPS) is 19.6. The lowest BCUT2D eigenvalue weighted by atomic mass is 9.85. The molecular weight excluding hydrogens is 366 g/mol. The number of piperidine rings is 1. The van der Waals surface area contributed by atoms with Gasteiger partial charge in [0.2, 0.25) is 11.8 Å². The Labute approximate surface area is 171 Å². The van der Waals surface area contributed by atoms with Crippen LogP contribution < -0.4 is 5.32 Å². The Bertz CT molecular complexity index is 859. The van der Waals surface area contributed by atoms with Gasteiger partial charge < -0.3 is 14.8 Å². The van der Waals surface area contributed by atoms with Gasteiger partial charge in [-0.2, -0.15) is 0 Å². The van der Waals surface area contributed by atoms with Gasteiger partial charge in [-0.15, -0.1) is 10.2 Å². The number of benzene rings is 1. The van der Waals surface area contributed by atoms with Crippen LogP contribution in [-0.2, 0) is 29.6 Å². The highest BCUT2D eigenvalue weighted by atomic mass is 16.2. The quantitative estimate of drug-likeness (QED) is 0.813. The van der Waals surface area contributed by atoms with Crippen LogP contribution in [0.3, 0.4) is 0 Å². The summed E-state index contributed by atoms with van der Waals surface area (Å²) in [4.78, 5) is 27.2. The number of carbonyl (C=O) groups excluding carboxylic acids is 2. The van der Waals surface area contributed by atoms with E-state index >= 15 is 0 Å². The SMILES string of the molecule is Cn1c(CNC(=O)C2CCCN(C(=O)Cc3ccccc3)C2)nnc1C1CCC1. The highest BCUT2D eigenvalue weighted by molar-refractivity contribution is 5.82. The third-order valence-electron chi connectivity index (χ3n) is 6.23. The summed E-state index contributed by atoms with van der Waals surface area (Å²) in [6.07, 6.45) is 5.66. The number of nitrogens with one attached hydrogen (secondary N) is 1. The second kappa shape index (κ2) is 8.76. The van der Waals surface area contributed by atoms with E-state index in [1.54, 1.807) is 0 Å². The molecule has 2 aliphatic rings. The van der Waals surface area contributed by atoms with Gasteiger partial charge >= 0.3 is 0 Å². The predicted octanol–water partition coefficient (Wildman–Crippen LogP) is 2.18. The second-order valence-corrected chi connectivity index (χ2v) is 8.22. The van der Waals surface area contributed by atoms with Gasteiger partial charge in [-0.1, -0.05) is 36.8 Å². The van der Waals surface area contributed by atoms with Crippen molar-refractivity contribution in [3.63, 3.8) is 0 Å². The standard InChI is InChI=1S/C22H29N5O2/c1-26-19(24-25-21(26)17-9-5-10-17)14-23-22(29)18-11-6-12-27(15-18)20(28)13-16-7-3-2-4-8-16/h2-4,7-8,17-18H,5-6,9-15H2,1H3,(H,23,29). The van der Waals surface area contributed by atoms with Gasteiger partial charge in [0.1, 0.15) is 5.82 Å². The summed E-state index contributed by atoms with van der Waals surface area (Å²) in [6, 6.07) is 9.76. The van der Waals surface area contributed by atoms with Crippen molar-refractivity contribution in [1.82, 2.24) is 25.0 Å². The van der Waals surface area contributed by atoms with Crippen LogP contribution in [0.25, 0.3) is 0 Å². The van der Waals surface area contributed by atoms with Crippen LogP contribution in [0.2, 0.25) is 0 Å². The minimum atomic E-state index is -0.164. The van der Waals surface area contributed by atoms with E-state index in [9.17, 15) is 9.59 Å². The van der Waals surface area contributed by atoms with E-state index in [0.29, 0.717) is 25.4 Å². The minimum Gasteiger partial charge on any atom is -0.348 e. The van der Waals surface area contributed by atoms with Crippen LogP contribution in [0.5, 0.6) is 0 Å². The molecule has 1 saturated heterocycles. The van der Waals surface area contributed by atoms with E-state index in [0.717, 1.165) is 36.6 Å². The molecule has 1 atom stereocenters. The molecule has 7 heteroatoms. The van der Waals surface area contributed by atoms with Crippen LogP contribution in [0.4, 0.5) is 0 Å². The topological polar surface area (TPSA) is 80.1 Å². The summed E-state index contributed by atoms with van der Waals surface area (Å²) < 4.78 is 2.01. The average Bonchev–Trinajstić information content (AvgIpc) is 3.06. The van der Waals surface area contributed by atoms with Gasteiger partial charge in [0.15, 0.2) is 5.82 Å². The largest absolute Gasteiger partial charge is 0.348 e. The van der Waals surface area contributed by atoms with Crippen LogP contribution in [0, 0.1) is 5.92 Å². The average molecular weight is 396 g/mol. The Balaban J connectivity index is 1.29. The number of carbonyl (C=O) groups is 2. The molecular formula is C22H29N5O2. The highest BCUT2D eigenvalue weighted by Crippen LogP contribution is 2.35. The molecule has 0 radical (unpaired) electrons. The third kappa shape index (κ3) is 4.49. The van der Waals surface area contributed by atoms with Crippen molar-refractivity contribution in [2.75, 3.05) is 13.1 Å². The Morgan fingerprint density at radius 3 is 2.62 bits per heavy atom. The van der Waals surface area contributed by atoms with Crippen LogP contribution in [0.1, 0.15) is 55.2 Å². The summed E-state index contributed by atoms with van der Waals surface area (Å²) in [7, 11) is 1.97. The van der Waals surface area contributed by atoms with Gasteiger partial charge in [-0.05, 0) is 31.2 Å². The molecule has 1 aromatic carbocycles. The summed E-state index contributed by atoms with van der Waals surface area (Å²) in [6.45, 7) is 1.59. The number of aromatic nitrogens is 3. The smallest absolute Gasteiger partial charge is 0.227 e. The van der Waals surface area contributed by atoms with E-state index in [1.165, 1.54) is 19.3 Å². The monoisotopic (exact) mass is 395 g/mol. The summed E-state index contributed by atoms with van der Waals surface area (Å²) in [5.41, 5.74) is 1.01. The molecule has 0 bridgehead atoms. The summed E-state index contributed by atoms with van der Waals surface area (Å²) >= 11 is 0. The number of rotatable bonds is 6. The minimum absolute atomic E-state index is 0.00425. The Kier molecular flexibility index (Phi) is 5.92. The predicted molar refractivity (Wildman–Crippen MR) is 109 cm³/mol. The van der Waals surface area contributed by atoms with Crippen molar-refractivity contribution in [3.05, 3.63) is 47.5 Å². The molecule has 0 spiro atoms. The second-order valence-electron chi connectivity index (χ2n) is 8.22. The molecule has 1 aliphatic carbocycles. The van der Waals surface area contributed by atoms with Crippen molar-refractivity contribution in [3.8, 4) is 0 Å². The zero-order valence-electron chi connectivity index (χ0n) is 17.0. The Morgan fingerprint density at radius 1 is 1.10 bits per heavy atom. The first-order valence-corrected chi connectivity index (χ1v) is 10.6. The van der Waals surface area contributed by atoms with Crippen molar-refractivity contribution < 1.29 is 9.59 Å². The fourth-order valence-electron chi connectivity index (χ4n) is 4.16. The molecule has 1 aromatic heterocycles. The fourth-order valence-corrected chi connectivity index (χ4v) is 4.16. The van der Waals surface area contributed by atoms with Gasteiger partial charge in [0.05, 0.1) is 18.9 Å². The maximum Gasteiger partial charge on any atom is 0.227 e. The van der Waals surface area contributed by atoms with E-state index in [-0.39, 0.29) is 17.7 Å². The number of nitrogens with zero attached hydrogens (tertiary/aromatic N) is 4. The molecule has 7 nitrogen and oxygen atoms in total. The lowest BCUT2D eigenvalue weighted by molar-refractivity contribution is -0.135. The zero-order chi connectivity index (χ0) is 20.2. The van der Waals surface area contributed by atoms with Gasteiger partial charge in [0, 0.05) is 26.1 Å². The van der Waals surface area contributed by atoms with E-state index in [1.807, 2.05) is 46.8 Å². The van der Waals surface area contributed by atoms with Crippen molar-refractivity contribution in [2.24, 2.45) is 13.0 Å². The first-order chi connectivity index (χ1) is 14.1. The molecule has 2 aromatic rings. The van der Waals surface area contributed by atoms with E-state index in [2.05, 4.69) is 15.5 Å². The van der Waals surface area contributed by atoms with Crippen molar-refractivity contribution in [1.29, 1.82) is 0 Å². The molecule has 2 fully saturated rings. The molecule has 154 valence electrons. The third-order valence-corrected chi connectivity index (χ3v) is 6.23. The fraction of sp³-hybridized carbons (Fsp3) is 0.545. The van der Waals surface area contributed by atoms with Crippen molar-refractivity contribution >= 4 is 11.8 Å². The van der Waals surface area contributed by atoms with Gasteiger partial charge in [-0.25, -0.2) is 0 Å².